The van der Waals surface area contributed by atoms with Gasteiger partial charge in [0, 0.05) is 0 Å². The van der Waals surface area contributed by atoms with E-state index < -0.39 is 0 Å². The molecule has 4 rings (SSSR count). The zero-order valence-corrected chi connectivity index (χ0v) is 14.1. The van der Waals surface area contributed by atoms with E-state index >= 15 is 0 Å². The summed E-state index contributed by atoms with van der Waals surface area (Å²) in [5.41, 5.74) is 2.61. The highest BCUT2D eigenvalue weighted by Gasteiger charge is 2.19. The van der Waals surface area contributed by atoms with E-state index in [-0.39, 0.29) is 17.5 Å². The van der Waals surface area contributed by atoms with Crippen LogP contribution in [0.25, 0.3) is 16.4 Å². The lowest BCUT2D eigenvalue weighted by atomic mass is 10.4. The lowest BCUT2D eigenvalue weighted by Crippen LogP contribution is -2.02. The van der Waals surface area contributed by atoms with Crippen LogP contribution < -0.4 is 0 Å². The molecule has 4 heterocycles. The van der Waals surface area contributed by atoms with Gasteiger partial charge in [0.1, 0.15) is 18.5 Å². The summed E-state index contributed by atoms with van der Waals surface area (Å²) in [6, 6.07) is 0. The lowest BCUT2D eigenvalue weighted by Gasteiger charge is -2.00. The third kappa shape index (κ3) is 2.38. The normalized spacial score (nSPS) is 11.5. The van der Waals surface area contributed by atoms with Crippen LogP contribution in [0.2, 0.25) is 0 Å². The first-order valence-corrected chi connectivity index (χ1v) is 7.51. The van der Waals surface area contributed by atoms with E-state index in [0.717, 1.165) is 5.69 Å². The molecule has 0 atom stereocenters. The van der Waals surface area contributed by atoms with Crippen LogP contribution in [0.3, 0.4) is 0 Å². The minimum absolute atomic E-state index is 0.235. The molecule has 12 nitrogen and oxygen atoms in total. The number of nitrogens with zero attached hydrogens (tertiary/aromatic N) is 11. The predicted octanol–water partition coefficient (Wildman–Crippen LogP) is 2.32. The Bertz CT molecular complexity index is 1170. The number of fused-ring (bicyclic) bond motifs is 1. The van der Waals surface area contributed by atoms with Crippen molar-refractivity contribution >= 4 is 22.8 Å². The van der Waals surface area contributed by atoms with E-state index in [9.17, 15) is 0 Å². The predicted molar refractivity (Wildman–Crippen MR) is 88.9 cm³/mol. The summed E-state index contributed by atoms with van der Waals surface area (Å²) in [4.78, 5) is 19.7. The van der Waals surface area contributed by atoms with Crippen LogP contribution in [0.4, 0.5) is 17.2 Å². The van der Waals surface area contributed by atoms with Crippen molar-refractivity contribution in [2.75, 3.05) is 0 Å². The molecule has 26 heavy (non-hydrogen) atoms. The molecule has 12 heteroatoms. The second-order valence-corrected chi connectivity index (χ2v) is 5.40. The Labute approximate surface area is 146 Å². The van der Waals surface area contributed by atoms with Crippen molar-refractivity contribution in [3.05, 3.63) is 41.3 Å². The van der Waals surface area contributed by atoms with Gasteiger partial charge >= 0.3 is 0 Å². The fourth-order valence-electron chi connectivity index (χ4n) is 2.45. The number of hydrogen-bond acceptors (Lipinski definition) is 8. The minimum atomic E-state index is 0.235. The largest absolute Gasteiger partial charge is 0.278 e. The van der Waals surface area contributed by atoms with Gasteiger partial charge in [0.2, 0.25) is 5.65 Å². The molecule has 1 N–H and O–H groups in total. The summed E-state index contributed by atoms with van der Waals surface area (Å²) in [6.45, 7) is 12.8. The zero-order valence-electron chi connectivity index (χ0n) is 14.1. The van der Waals surface area contributed by atoms with Gasteiger partial charge in [-0.3, -0.25) is 5.10 Å². The molecule has 128 valence electrons. The molecule has 0 unspecified atom stereocenters. The summed E-state index contributed by atoms with van der Waals surface area (Å²) in [6.07, 6.45) is 2.69. The van der Waals surface area contributed by atoms with Crippen molar-refractivity contribution in [3.63, 3.8) is 0 Å². The van der Waals surface area contributed by atoms with Crippen LogP contribution in [0.5, 0.6) is 0 Å². The first kappa shape index (κ1) is 15.5. The SMILES string of the molecule is [C-]#[N+]c1c(C)nn(-c2ncncn2)c1N=Nc1c(C)[nH]n2nc(C)nc12. The molecule has 0 aromatic carbocycles. The highest BCUT2D eigenvalue weighted by atomic mass is 15.5. The first-order chi connectivity index (χ1) is 12.6. The molecule has 0 radical (unpaired) electrons. The molecule has 0 spiro atoms. The smallest absolute Gasteiger partial charge is 0.255 e. The zero-order chi connectivity index (χ0) is 18.3. The average molecular weight is 348 g/mol. The summed E-state index contributed by atoms with van der Waals surface area (Å²) in [5.74, 6) is 1.10. The second-order valence-electron chi connectivity index (χ2n) is 5.40. The molecular formula is C14H12N12. The Morgan fingerprint density at radius 2 is 1.88 bits per heavy atom. The summed E-state index contributed by atoms with van der Waals surface area (Å²) >= 11 is 0. The van der Waals surface area contributed by atoms with E-state index in [1.54, 1.807) is 13.8 Å². The maximum Gasteiger partial charge on any atom is 0.255 e. The van der Waals surface area contributed by atoms with Crippen molar-refractivity contribution < 1.29 is 0 Å². The molecule has 0 aliphatic carbocycles. The van der Waals surface area contributed by atoms with Gasteiger partial charge < -0.3 is 0 Å². The number of rotatable bonds is 3. The number of aromatic nitrogens is 9. The van der Waals surface area contributed by atoms with Crippen LogP contribution in [0.1, 0.15) is 17.2 Å². The maximum atomic E-state index is 7.42. The Morgan fingerprint density at radius 3 is 2.62 bits per heavy atom. The van der Waals surface area contributed by atoms with Gasteiger partial charge in [-0.05, 0) is 20.8 Å². The van der Waals surface area contributed by atoms with Crippen molar-refractivity contribution in [2.24, 2.45) is 10.2 Å². The van der Waals surface area contributed by atoms with Crippen LogP contribution in [-0.4, -0.2) is 44.5 Å². The molecular weight excluding hydrogens is 336 g/mol. The molecule has 0 aliphatic heterocycles. The number of aromatic amines is 1. The Hall–Kier alpha value is -4.01. The van der Waals surface area contributed by atoms with Crippen LogP contribution in [-0.2, 0) is 0 Å². The van der Waals surface area contributed by atoms with Crippen molar-refractivity contribution in [2.45, 2.75) is 20.8 Å². The van der Waals surface area contributed by atoms with Gasteiger partial charge in [-0.2, -0.15) is 24.4 Å². The van der Waals surface area contributed by atoms with Crippen LogP contribution >= 0.6 is 0 Å². The van der Waals surface area contributed by atoms with Crippen molar-refractivity contribution in [3.8, 4) is 5.95 Å². The highest BCUT2D eigenvalue weighted by molar-refractivity contribution is 5.69. The van der Waals surface area contributed by atoms with Crippen LogP contribution in [0, 0.1) is 27.3 Å². The van der Waals surface area contributed by atoms with Gasteiger partial charge in [-0.25, -0.2) is 14.8 Å². The standard InChI is InChI=1S/C14H12N12/c1-7-10(15-4)13(25(22-7)14-17-5-16-6-18-14)21-20-11-8(2)23-26-12(11)19-9(3)24-26/h5-6,23H,1-3H3. The van der Waals surface area contributed by atoms with Crippen molar-refractivity contribution in [1.29, 1.82) is 0 Å². The Morgan fingerprint density at radius 1 is 1.12 bits per heavy atom. The van der Waals surface area contributed by atoms with E-state index in [2.05, 4.69) is 50.3 Å². The number of nitrogens with one attached hydrogen (secondary N) is 1. The Kier molecular flexibility index (Phi) is 3.47. The minimum Gasteiger partial charge on any atom is -0.278 e. The molecule has 0 bridgehead atoms. The molecule has 0 fully saturated rings. The number of aryl methyl sites for hydroxylation is 3. The van der Waals surface area contributed by atoms with Gasteiger partial charge in [0.15, 0.2) is 11.5 Å². The van der Waals surface area contributed by atoms with E-state index in [4.69, 9.17) is 6.57 Å². The fraction of sp³-hybridized carbons (Fsp3) is 0.214. The molecule has 0 saturated carbocycles. The molecule has 0 aliphatic rings. The molecule has 4 aromatic rings. The Balaban J connectivity index is 1.86. The van der Waals surface area contributed by atoms with Crippen LogP contribution in [0.15, 0.2) is 22.9 Å². The third-order valence-corrected chi connectivity index (χ3v) is 3.58. The highest BCUT2D eigenvalue weighted by Crippen LogP contribution is 2.35. The van der Waals surface area contributed by atoms with Gasteiger partial charge in [0.05, 0.1) is 18.0 Å². The summed E-state index contributed by atoms with van der Waals surface area (Å²) in [7, 11) is 0. The molecule has 4 aromatic heterocycles. The van der Waals surface area contributed by atoms with Gasteiger partial charge in [-0.1, -0.05) is 0 Å². The number of H-pyrrole nitrogens is 1. The molecule has 0 saturated heterocycles. The quantitative estimate of drug-likeness (QED) is 0.446. The first-order valence-electron chi connectivity index (χ1n) is 7.51. The monoisotopic (exact) mass is 348 g/mol. The topological polar surface area (TPSA) is 132 Å². The van der Waals surface area contributed by atoms with E-state index in [1.165, 1.54) is 22.0 Å². The summed E-state index contributed by atoms with van der Waals surface area (Å²) < 4.78 is 2.89. The molecule has 0 amide bonds. The third-order valence-electron chi connectivity index (χ3n) is 3.58. The van der Waals surface area contributed by atoms with E-state index in [1.807, 2.05) is 6.92 Å². The van der Waals surface area contributed by atoms with Gasteiger partial charge in [0.25, 0.3) is 11.6 Å². The number of hydrogen-bond donors (Lipinski definition) is 1. The average Bonchev–Trinajstić information content (AvgIpc) is 3.23. The maximum absolute atomic E-state index is 7.42. The number of azo groups is 1. The lowest BCUT2D eigenvalue weighted by molar-refractivity contribution is 0.781. The van der Waals surface area contributed by atoms with Gasteiger partial charge in [-0.15, -0.1) is 15.3 Å². The van der Waals surface area contributed by atoms with E-state index in [0.29, 0.717) is 22.9 Å². The second kappa shape index (κ2) is 5.81. The fourth-order valence-corrected chi connectivity index (χ4v) is 2.45. The summed E-state index contributed by atoms with van der Waals surface area (Å²) in [5, 5.41) is 20.1. The van der Waals surface area contributed by atoms with Crippen molar-refractivity contribution in [1.82, 2.24) is 44.5 Å².